The summed E-state index contributed by atoms with van der Waals surface area (Å²) in [7, 11) is 1.33. The Morgan fingerprint density at radius 2 is 2.29 bits per heavy atom. The predicted molar refractivity (Wildman–Crippen MR) is 62.5 cm³/mol. The highest BCUT2D eigenvalue weighted by Gasteiger charge is 2.22. The molecule has 0 bridgehead atoms. The van der Waals surface area contributed by atoms with Crippen molar-refractivity contribution in [2.75, 3.05) is 13.7 Å². The number of aryl methyl sites for hydroxylation is 1. The second-order valence-corrected chi connectivity index (χ2v) is 4.33. The normalized spacial score (nSPS) is 19.4. The van der Waals surface area contributed by atoms with E-state index in [0.29, 0.717) is 16.7 Å². The first-order valence-electron chi connectivity index (χ1n) is 5.75. The lowest BCUT2D eigenvalue weighted by Crippen LogP contribution is -2.16. The number of hydrogen-bond donors (Lipinski definition) is 1. The van der Waals surface area contributed by atoms with Crippen LogP contribution in [0.4, 0.5) is 4.39 Å². The Hall–Kier alpha value is -1.42. The molecule has 0 amide bonds. The average Bonchev–Trinajstić information content (AvgIpc) is 2.81. The van der Waals surface area contributed by atoms with Gasteiger partial charge in [-0.05, 0) is 44.0 Å². The molecular formula is C13H16FNO2. The summed E-state index contributed by atoms with van der Waals surface area (Å²) in [5.74, 6) is -0.670. The number of hydrogen-bond acceptors (Lipinski definition) is 3. The molecule has 0 spiro atoms. The quantitative estimate of drug-likeness (QED) is 0.802. The highest BCUT2D eigenvalue weighted by molar-refractivity contribution is 5.91. The smallest absolute Gasteiger partial charge is 0.338 e. The van der Waals surface area contributed by atoms with Crippen LogP contribution in [-0.2, 0) is 4.74 Å². The number of carbonyl (C=O) groups excluding carboxylic acids is 1. The SMILES string of the molecule is COC(=O)c1cc(C2CCCN2)c(F)cc1C. The maximum Gasteiger partial charge on any atom is 0.338 e. The van der Waals surface area contributed by atoms with Crippen LogP contribution in [0.3, 0.4) is 0 Å². The van der Waals surface area contributed by atoms with Crippen LogP contribution in [0.2, 0.25) is 0 Å². The number of methoxy groups -OCH3 is 1. The van der Waals surface area contributed by atoms with Crippen LogP contribution < -0.4 is 5.32 Å². The zero-order valence-corrected chi connectivity index (χ0v) is 10.0. The Balaban J connectivity index is 2.41. The van der Waals surface area contributed by atoms with Crippen molar-refractivity contribution in [3.8, 4) is 0 Å². The van der Waals surface area contributed by atoms with Crippen molar-refractivity contribution < 1.29 is 13.9 Å². The maximum absolute atomic E-state index is 13.9. The Kier molecular flexibility index (Phi) is 3.43. The lowest BCUT2D eigenvalue weighted by molar-refractivity contribution is 0.0599. The fourth-order valence-electron chi connectivity index (χ4n) is 2.24. The van der Waals surface area contributed by atoms with Gasteiger partial charge in [0, 0.05) is 11.6 Å². The van der Waals surface area contributed by atoms with Crippen molar-refractivity contribution in [3.63, 3.8) is 0 Å². The monoisotopic (exact) mass is 237 g/mol. The summed E-state index contributed by atoms with van der Waals surface area (Å²) in [6.45, 7) is 2.60. The van der Waals surface area contributed by atoms with Gasteiger partial charge in [0.2, 0.25) is 0 Å². The molecule has 0 aromatic heterocycles. The van der Waals surface area contributed by atoms with Gasteiger partial charge in [0.25, 0.3) is 0 Å². The Bertz CT molecular complexity index is 439. The lowest BCUT2D eigenvalue weighted by atomic mass is 9.98. The standard InChI is InChI=1S/C13H16FNO2/c1-8-6-11(14)10(12-4-3-5-15-12)7-9(8)13(16)17-2/h6-7,12,15H,3-5H2,1-2H3. The minimum absolute atomic E-state index is 0.0130. The third kappa shape index (κ3) is 2.31. The van der Waals surface area contributed by atoms with E-state index in [1.807, 2.05) is 0 Å². The molecule has 1 unspecified atom stereocenters. The minimum atomic E-state index is -0.415. The Morgan fingerprint density at radius 1 is 1.53 bits per heavy atom. The van der Waals surface area contributed by atoms with Crippen molar-refractivity contribution >= 4 is 5.97 Å². The molecule has 1 N–H and O–H groups in total. The summed E-state index contributed by atoms with van der Waals surface area (Å²) < 4.78 is 18.6. The van der Waals surface area contributed by atoms with Crippen LogP contribution >= 0.6 is 0 Å². The van der Waals surface area contributed by atoms with Gasteiger partial charge in [-0.15, -0.1) is 0 Å². The topological polar surface area (TPSA) is 38.3 Å². The molecule has 3 nitrogen and oxygen atoms in total. The summed E-state index contributed by atoms with van der Waals surface area (Å²) in [6, 6.07) is 3.03. The highest BCUT2D eigenvalue weighted by Crippen LogP contribution is 2.27. The molecule has 1 aliphatic rings. The van der Waals surface area contributed by atoms with Crippen LogP contribution in [0.15, 0.2) is 12.1 Å². The van der Waals surface area contributed by atoms with Crippen molar-refractivity contribution in [2.24, 2.45) is 0 Å². The molecule has 1 aliphatic heterocycles. The summed E-state index contributed by atoms with van der Waals surface area (Å²) in [6.07, 6.45) is 1.94. The van der Waals surface area contributed by atoms with Crippen LogP contribution in [0.5, 0.6) is 0 Å². The van der Waals surface area contributed by atoms with E-state index in [4.69, 9.17) is 4.74 Å². The van der Waals surface area contributed by atoms with Crippen molar-refractivity contribution in [1.29, 1.82) is 0 Å². The van der Waals surface area contributed by atoms with Gasteiger partial charge in [0.15, 0.2) is 0 Å². The largest absolute Gasteiger partial charge is 0.465 e. The molecular weight excluding hydrogens is 221 g/mol. The molecule has 0 saturated carbocycles. The molecule has 92 valence electrons. The maximum atomic E-state index is 13.9. The van der Waals surface area contributed by atoms with Gasteiger partial charge in [-0.2, -0.15) is 0 Å². The number of carbonyl (C=O) groups is 1. The third-order valence-electron chi connectivity index (χ3n) is 3.18. The number of ether oxygens (including phenoxy) is 1. The van der Waals surface area contributed by atoms with Crippen molar-refractivity contribution in [1.82, 2.24) is 5.32 Å². The van der Waals surface area contributed by atoms with Gasteiger partial charge >= 0.3 is 5.97 Å². The molecule has 1 atom stereocenters. The first-order valence-corrected chi connectivity index (χ1v) is 5.75. The molecule has 2 rings (SSSR count). The fourth-order valence-corrected chi connectivity index (χ4v) is 2.24. The van der Waals surface area contributed by atoms with Gasteiger partial charge in [-0.3, -0.25) is 0 Å². The van der Waals surface area contributed by atoms with Gasteiger partial charge in [-0.1, -0.05) is 0 Å². The summed E-state index contributed by atoms with van der Waals surface area (Å²) >= 11 is 0. The number of nitrogens with one attached hydrogen (secondary N) is 1. The van der Waals surface area contributed by atoms with Crippen LogP contribution in [0.1, 0.15) is 40.4 Å². The van der Waals surface area contributed by atoms with E-state index in [2.05, 4.69) is 5.32 Å². The minimum Gasteiger partial charge on any atom is -0.465 e. The van der Waals surface area contributed by atoms with Crippen molar-refractivity contribution in [2.45, 2.75) is 25.8 Å². The third-order valence-corrected chi connectivity index (χ3v) is 3.18. The summed E-state index contributed by atoms with van der Waals surface area (Å²) in [5, 5.41) is 3.23. The van der Waals surface area contributed by atoms with Crippen LogP contribution in [0.25, 0.3) is 0 Å². The second kappa shape index (κ2) is 4.84. The molecule has 1 heterocycles. The van der Waals surface area contributed by atoms with Gasteiger partial charge in [0.1, 0.15) is 5.82 Å². The molecule has 1 saturated heterocycles. The summed E-state index contributed by atoms with van der Waals surface area (Å²) in [4.78, 5) is 11.5. The molecule has 17 heavy (non-hydrogen) atoms. The van der Waals surface area contributed by atoms with Gasteiger partial charge < -0.3 is 10.1 Å². The van der Waals surface area contributed by atoms with Crippen LogP contribution in [-0.4, -0.2) is 19.6 Å². The van der Waals surface area contributed by atoms with Gasteiger partial charge in [-0.25, -0.2) is 9.18 Å². The first kappa shape index (κ1) is 12.0. The Labute approximate surface area is 100.0 Å². The first-order chi connectivity index (χ1) is 8.13. The summed E-state index contributed by atoms with van der Waals surface area (Å²) in [5.41, 5.74) is 1.61. The van der Waals surface area contributed by atoms with Crippen molar-refractivity contribution in [3.05, 3.63) is 34.6 Å². The van der Waals surface area contributed by atoms with E-state index in [1.54, 1.807) is 13.0 Å². The zero-order valence-electron chi connectivity index (χ0n) is 10.0. The Morgan fingerprint density at radius 3 is 2.88 bits per heavy atom. The number of rotatable bonds is 2. The molecule has 1 aromatic carbocycles. The van der Waals surface area contributed by atoms with E-state index in [0.717, 1.165) is 19.4 Å². The highest BCUT2D eigenvalue weighted by atomic mass is 19.1. The number of benzene rings is 1. The van der Waals surface area contributed by atoms with E-state index < -0.39 is 5.97 Å². The van der Waals surface area contributed by atoms with E-state index >= 15 is 0 Å². The zero-order chi connectivity index (χ0) is 12.4. The van der Waals surface area contributed by atoms with E-state index in [-0.39, 0.29) is 11.9 Å². The second-order valence-electron chi connectivity index (χ2n) is 4.33. The molecule has 4 heteroatoms. The van der Waals surface area contributed by atoms with E-state index in [9.17, 15) is 9.18 Å². The number of halogens is 1. The van der Waals surface area contributed by atoms with E-state index in [1.165, 1.54) is 13.2 Å². The molecule has 1 fully saturated rings. The lowest BCUT2D eigenvalue weighted by Gasteiger charge is -2.14. The molecule has 0 radical (unpaired) electrons. The van der Waals surface area contributed by atoms with Gasteiger partial charge in [0.05, 0.1) is 12.7 Å². The molecule has 0 aliphatic carbocycles. The number of esters is 1. The fraction of sp³-hybridized carbons (Fsp3) is 0.462. The molecule has 1 aromatic rings. The van der Waals surface area contributed by atoms with Crippen LogP contribution in [0, 0.1) is 12.7 Å². The predicted octanol–water partition coefficient (Wildman–Crippen LogP) is 2.35. The average molecular weight is 237 g/mol.